The molecule has 0 fully saturated rings. The van der Waals surface area contributed by atoms with Gasteiger partial charge in [0.05, 0.1) is 5.56 Å². The highest BCUT2D eigenvalue weighted by atomic mass is 16.3. The van der Waals surface area contributed by atoms with Crippen LogP contribution in [0.15, 0.2) is 18.2 Å². The Bertz CT molecular complexity index is 470. The normalized spacial score (nSPS) is 11.4. The molecule has 0 aliphatic carbocycles. The zero-order chi connectivity index (χ0) is 15.3. The number of nitrogens with zero attached hydrogens (tertiary/aromatic N) is 1. The zero-order valence-corrected chi connectivity index (χ0v) is 12.9. The Morgan fingerprint density at radius 3 is 2.55 bits per heavy atom. The molecule has 0 atom stereocenters. The molecule has 112 valence electrons. The molecule has 0 radical (unpaired) electrons. The van der Waals surface area contributed by atoms with Crippen LogP contribution in [0.2, 0.25) is 0 Å². The maximum atomic E-state index is 12.6. The average Bonchev–Trinajstić information content (AvgIpc) is 2.37. The van der Waals surface area contributed by atoms with Crippen LogP contribution in [0, 0.1) is 12.3 Å². The smallest absolute Gasteiger partial charge is 0.257 e. The molecule has 0 aliphatic rings. The summed E-state index contributed by atoms with van der Waals surface area (Å²) in [6.45, 7) is 9.76. The van der Waals surface area contributed by atoms with Crippen molar-refractivity contribution < 1.29 is 9.90 Å². The van der Waals surface area contributed by atoms with Gasteiger partial charge in [-0.1, -0.05) is 26.8 Å². The van der Waals surface area contributed by atoms with Crippen molar-refractivity contribution in [2.75, 3.05) is 19.6 Å². The Kier molecular flexibility index (Phi) is 5.57. The molecule has 0 saturated carbocycles. The molecular weight excluding hydrogens is 252 g/mol. The first kappa shape index (κ1) is 16.5. The highest BCUT2D eigenvalue weighted by molar-refractivity contribution is 5.96. The van der Waals surface area contributed by atoms with E-state index >= 15 is 0 Å². The monoisotopic (exact) mass is 278 g/mol. The van der Waals surface area contributed by atoms with Gasteiger partial charge < -0.3 is 15.7 Å². The SMILES string of the molecule is CCCN(CC(C)(C)CN)C(=O)c1ccc(C)cc1O. The van der Waals surface area contributed by atoms with Gasteiger partial charge in [0.2, 0.25) is 0 Å². The van der Waals surface area contributed by atoms with E-state index in [9.17, 15) is 9.90 Å². The van der Waals surface area contributed by atoms with Crippen LogP contribution in [0.25, 0.3) is 0 Å². The molecular formula is C16H26N2O2. The fourth-order valence-corrected chi connectivity index (χ4v) is 2.10. The van der Waals surface area contributed by atoms with E-state index < -0.39 is 0 Å². The summed E-state index contributed by atoms with van der Waals surface area (Å²) in [5.41, 5.74) is 6.91. The summed E-state index contributed by atoms with van der Waals surface area (Å²) >= 11 is 0. The summed E-state index contributed by atoms with van der Waals surface area (Å²) in [6, 6.07) is 5.14. The van der Waals surface area contributed by atoms with Crippen LogP contribution in [-0.2, 0) is 0 Å². The number of hydrogen-bond acceptors (Lipinski definition) is 3. The quantitative estimate of drug-likeness (QED) is 0.840. The second-order valence-electron chi connectivity index (χ2n) is 6.12. The summed E-state index contributed by atoms with van der Waals surface area (Å²) < 4.78 is 0. The van der Waals surface area contributed by atoms with E-state index in [1.165, 1.54) is 0 Å². The Labute approximate surface area is 121 Å². The van der Waals surface area contributed by atoms with Gasteiger partial charge in [0.1, 0.15) is 5.75 Å². The minimum absolute atomic E-state index is 0.0432. The number of carbonyl (C=O) groups excluding carboxylic acids is 1. The lowest BCUT2D eigenvalue weighted by molar-refractivity contribution is 0.0686. The second kappa shape index (κ2) is 6.75. The number of hydrogen-bond donors (Lipinski definition) is 2. The van der Waals surface area contributed by atoms with Gasteiger partial charge in [0, 0.05) is 13.1 Å². The van der Waals surface area contributed by atoms with Crippen LogP contribution in [0.5, 0.6) is 5.75 Å². The number of amides is 1. The van der Waals surface area contributed by atoms with Crippen LogP contribution >= 0.6 is 0 Å². The lowest BCUT2D eigenvalue weighted by atomic mass is 9.92. The molecule has 4 heteroatoms. The highest BCUT2D eigenvalue weighted by Crippen LogP contribution is 2.23. The molecule has 4 nitrogen and oxygen atoms in total. The summed E-state index contributed by atoms with van der Waals surface area (Å²) in [4.78, 5) is 14.4. The topological polar surface area (TPSA) is 66.6 Å². The predicted molar refractivity (Wildman–Crippen MR) is 81.9 cm³/mol. The van der Waals surface area contributed by atoms with Gasteiger partial charge in [0.25, 0.3) is 5.91 Å². The molecule has 0 aromatic heterocycles. The third-order valence-electron chi connectivity index (χ3n) is 3.34. The van der Waals surface area contributed by atoms with Crippen LogP contribution in [-0.4, -0.2) is 35.5 Å². The second-order valence-corrected chi connectivity index (χ2v) is 6.12. The molecule has 0 spiro atoms. The minimum Gasteiger partial charge on any atom is -0.507 e. The molecule has 0 bridgehead atoms. The number of rotatable bonds is 6. The van der Waals surface area contributed by atoms with Crippen LogP contribution in [0.4, 0.5) is 0 Å². The molecule has 1 aromatic rings. The number of nitrogens with two attached hydrogens (primary N) is 1. The van der Waals surface area contributed by atoms with Crippen LogP contribution in [0.3, 0.4) is 0 Å². The van der Waals surface area contributed by atoms with E-state index in [1.54, 1.807) is 17.0 Å². The van der Waals surface area contributed by atoms with Gasteiger partial charge in [-0.25, -0.2) is 0 Å². The third kappa shape index (κ3) is 4.23. The fraction of sp³-hybridized carbons (Fsp3) is 0.562. The number of phenols is 1. The van der Waals surface area contributed by atoms with Crippen molar-refractivity contribution in [3.8, 4) is 5.75 Å². The van der Waals surface area contributed by atoms with Gasteiger partial charge in [-0.15, -0.1) is 0 Å². The highest BCUT2D eigenvalue weighted by Gasteiger charge is 2.25. The fourth-order valence-electron chi connectivity index (χ4n) is 2.10. The van der Waals surface area contributed by atoms with Crippen molar-refractivity contribution in [3.05, 3.63) is 29.3 Å². The summed E-state index contributed by atoms with van der Waals surface area (Å²) in [5, 5.41) is 9.96. The molecule has 3 N–H and O–H groups in total. The maximum Gasteiger partial charge on any atom is 0.257 e. The molecule has 1 aromatic carbocycles. The molecule has 0 unspecified atom stereocenters. The molecule has 0 heterocycles. The van der Waals surface area contributed by atoms with Crippen LogP contribution in [0.1, 0.15) is 43.1 Å². The number of aromatic hydroxyl groups is 1. The van der Waals surface area contributed by atoms with Crippen LogP contribution < -0.4 is 5.73 Å². The van der Waals surface area contributed by atoms with Gasteiger partial charge in [-0.05, 0) is 43.0 Å². The molecule has 1 rings (SSSR count). The van der Waals surface area contributed by atoms with Crippen molar-refractivity contribution in [1.29, 1.82) is 0 Å². The predicted octanol–water partition coefficient (Wildman–Crippen LogP) is 2.54. The van der Waals surface area contributed by atoms with E-state index in [0.29, 0.717) is 25.2 Å². The minimum atomic E-state index is -0.134. The summed E-state index contributed by atoms with van der Waals surface area (Å²) in [5.74, 6) is -0.0902. The maximum absolute atomic E-state index is 12.6. The van der Waals surface area contributed by atoms with Crippen molar-refractivity contribution in [2.24, 2.45) is 11.1 Å². The number of phenolic OH excluding ortho intramolecular Hbond substituents is 1. The third-order valence-corrected chi connectivity index (χ3v) is 3.34. The van der Waals surface area contributed by atoms with E-state index in [0.717, 1.165) is 12.0 Å². The number of carbonyl (C=O) groups is 1. The number of benzene rings is 1. The van der Waals surface area contributed by atoms with Gasteiger partial charge in [-0.3, -0.25) is 4.79 Å². The largest absolute Gasteiger partial charge is 0.507 e. The Morgan fingerprint density at radius 2 is 2.05 bits per heavy atom. The van der Waals surface area contributed by atoms with E-state index in [-0.39, 0.29) is 17.1 Å². The van der Waals surface area contributed by atoms with Gasteiger partial charge in [0.15, 0.2) is 0 Å². The summed E-state index contributed by atoms with van der Waals surface area (Å²) in [7, 11) is 0. The van der Waals surface area contributed by atoms with E-state index in [4.69, 9.17) is 5.73 Å². The lowest BCUT2D eigenvalue weighted by Gasteiger charge is -2.32. The molecule has 20 heavy (non-hydrogen) atoms. The van der Waals surface area contributed by atoms with E-state index in [2.05, 4.69) is 0 Å². The summed E-state index contributed by atoms with van der Waals surface area (Å²) in [6.07, 6.45) is 0.874. The van der Waals surface area contributed by atoms with Gasteiger partial charge in [-0.2, -0.15) is 0 Å². The standard InChI is InChI=1S/C16H26N2O2/c1-5-8-18(11-16(3,4)10-17)15(20)13-7-6-12(2)9-14(13)19/h6-7,9,19H,5,8,10-11,17H2,1-4H3. The molecule has 1 amide bonds. The first-order chi connectivity index (χ1) is 9.30. The first-order valence-corrected chi connectivity index (χ1v) is 7.09. The molecule has 0 aliphatic heterocycles. The first-order valence-electron chi connectivity index (χ1n) is 7.09. The zero-order valence-electron chi connectivity index (χ0n) is 12.9. The number of aryl methyl sites for hydroxylation is 1. The average molecular weight is 278 g/mol. The lowest BCUT2D eigenvalue weighted by Crippen LogP contribution is -2.42. The Hall–Kier alpha value is -1.55. The van der Waals surface area contributed by atoms with E-state index in [1.807, 2.05) is 33.8 Å². The van der Waals surface area contributed by atoms with Crippen molar-refractivity contribution in [3.63, 3.8) is 0 Å². The van der Waals surface area contributed by atoms with Crippen molar-refractivity contribution >= 4 is 5.91 Å². The van der Waals surface area contributed by atoms with Gasteiger partial charge >= 0.3 is 0 Å². The Morgan fingerprint density at radius 1 is 1.40 bits per heavy atom. The molecule has 0 saturated heterocycles. The van der Waals surface area contributed by atoms with Crippen molar-refractivity contribution in [2.45, 2.75) is 34.1 Å². The van der Waals surface area contributed by atoms with Crippen molar-refractivity contribution in [1.82, 2.24) is 4.90 Å². The Balaban J connectivity index is 2.99.